The van der Waals surface area contributed by atoms with E-state index in [1.54, 1.807) is 24.4 Å². The monoisotopic (exact) mass is 849 g/mol. The number of aromatic nitrogens is 3. The van der Waals surface area contributed by atoms with Crippen molar-refractivity contribution >= 4 is 92.0 Å². The highest BCUT2D eigenvalue weighted by molar-refractivity contribution is 7.21. The first-order chi connectivity index (χ1) is 26.2. The Kier molecular flexibility index (Phi) is 14.0. The first-order valence-electron chi connectivity index (χ1n) is 15.8. The molecule has 0 aromatic carbocycles. The van der Waals surface area contributed by atoms with E-state index in [0.717, 1.165) is 49.2 Å². The molecular formula is C33H32BClF3N9O6S3. The fourth-order valence-corrected chi connectivity index (χ4v) is 6.96. The van der Waals surface area contributed by atoms with Crippen molar-refractivity contribution in [1.29, 1.82) is 0 Å². The highest BCUT2D eigenvalue weighted by atomic mass is 35.5. The quantitative estimate of drug-likeness (QED) is 0.0731. The van der Waals surface area contributed by atoms with Crippen LogP contribution >= 0.6 is 45.6 Å². The second-order valence-electron chi connectivity index (χ2n) is 12.2. The van der Waals surface area contributed by atoms with Gasteiger partial charge in [-0.1, -0.05) is 11.6 Å². The van der Waals surface area contributed by atoms with Crippen LogP contribution in [0.2, 0.25) is 5.02 Å². The molecule has 7 heterocycles. The summed E-state index contributed by atoms with van der Waals surface area (Å²) in [7, 11) is -0.440. The Labute approximate surface area is 334 Å². The molecular weight excluding hydrogens is 818 g/mol. The third-order valence-electron chi connectivity index (χ3n) is 8.00. The molecule has 294 valence electrons. The summed E-state index contributed by atoms with van der Waals surface area (Å²) in [6.45, 7) is 7.93. The van der Waals surface area contributed by atoms with Crippen molar-refractivity contribution in [1.82, 2.24) is 15.0 Å². The molecule has 6 aromatic rings. The van der Waals surface area contributed by atoms with E-state index >= 15 is 0 Å². The summed E-state index contributed by atoms with van der Waals surface area (Å²) in [5.41, 5.74) is 21.9. The lowest BCUT2D eigenvalue weighted by Crippen LogP contribution is -2.41. The van der Waals surface area contributed by atoms with Crippen LogP contribution < -0.4 is 27.7 Å². The fraction of sp³-hybridized carbons (Fsp3) is 0.182. The minimum absolute atomic E-state index is 0.00231. The van der Waals surface area contributed by atoms with Crippen LogP contribution in [0.5, 0.6) is 0 Å². The van der Waals surface area contributed by atoms with Gasteiger partial charge in [-0.2, -0.15) is 13.2 Å². The standard InChI is InChI=1S/C10H14BFO2S.C9H6FN3O2S.C9H8FN3S.C5H4ClN3O2/c1-9(2)10(3,4)14-11(13-9)7-5-6-8(12)15-7;10-7-2-1-6(16-7)5-3-4-12-9(11)8(5)13(14)15;10-7-2-1-6(14-7)5-3-4-13-9(12)8(5)11;6-3-1-2-8-5(7)4(3)9(10)11/h5-6H,1-4H3;1-4H,(H2,11,12);1-4H,11H2,(H2,12,13);1-2H,(H2,7,8). The lowest BCUT2D eigenvalue weighted by molar-refractivity contribution is -0.384. The van der Waals surface area contributed by atoms with Crippen molar-refractivity contribution in [3.8, 4) is 20.9 Å². The maximum absolute atomic E-state index is 12.9. The Hall–Kier alpha value is -5.39. The van der Waals surface area contributed by atoms with Gasteiger partial charge in [0.15, 0.2) is 15.4 Å². The number of halogens is 4. The van der Waals surface area contributed by atoms with Gasteiger partial charge in [0.2, 0.25) is 11.6 Å². The molecule has 0 aliphatic carbocycles. The lowest BCUT2D eigenvalue weighted by atomic mass is 9.88. The fourth-order valence-electron chi connectivity index (χ4n) is 4.52. The number of rotatable bonds is 5. The summed E-state index contributed by atoms with van der Waals surface area (Å²) in [5.74, 6) is -0.0601. The maximum Gasteiger partial charge on any atom is 0.505 e. The van der Waals surface area contributed by atoms with Crippen LogP contribution in [-0.2, 0) is 9.31 Å². The van der Waals surface area contributed by atoms with Crippen LogP contribution in [0.25, 0.3) is 20.9 Å². The van der Waals surface area contributed by atoms with E-state index in [2.05, 4.69) is 15.0 Å². The lowest BCUT2D eigenvalue weighted by Gasteiger charge is -2.32. The molecule has 6 aromatic heterocycles. The van der Waals surface area contributed by atoms with Gasteiger partial charge >= 0.3 is 18.5 Å². The predicted octanol–water partition coefficient (Wildman–Crippen LogP) is 7.97. The van der Waals surface area contributed by atoms with Crippen molar-refractivity contribution in [3.63, 3.8) is 0 Å². The second-order valence-corrected chi connectivity index (χ2v) is 15.8. The Morgan fingerprint density at radius 3 is 1.50 bits per heavy atom. The molecule has 0 saturated carbocycles. The van der Waals surface area contributed by atoms with Crippen molar-refractivity contribution in [2.24, 2.45) is 0 Å². The van der Waals surface area contributed by atoms with Crippen molar-refractivity contribution < 1.29 is 32.3 Å². The van der Waals surface area contributed by atoms with Crippen molar-refractivity contribution in [2.75, 3.05) is 22.9 Å². The second kappa shape index (κ2) is 18.0. The zero-order valence-corrected chi connectivity index (χ0v) is 32.9. The molecule has 0 spiro atoms. The number of hydrogen-bond acceptors (Lipinski definition) is 16. The van der Waals surface area contributed by atoms with E-state index in [9.17, 15) is 33.4 Å². The molecule has 0 atom stereocenters. The summed E-state index contributed by atoms with van der Waals surface area (Å²) >= 11 is 8.39. The molecule has 1 aliphatic heterocycles. The molecule has 0 amide bonds. The minimum Gasteiger partial charge on any atom is -0.399 e. The molecule has 15 nitrogen and oxygen atoms in total. The normalized spacial score (nSPS) is 13.7. The highest BCUT2D eigenvalue weighted by Crippen LogP contribution is 2.38. The number of pyridine rings is 3. The van der Waals surface area contributed by atoms with E-state index < -0.39 is 22.1 Å². The van der Waals surface area contributed by atoms with Crippen LogP contribution in [0.15, 0.2) is 73.2 Å². The van der Waals surface area contributed by atoms with Gasteiger partial charge in [0, 0.05) is 38.7 Å². The van der Waals surface area contributed by atoms with Crippen LogP contribution in [0, 0.1) is 35.6 Å². The topological polar surface area (TPSA) is 247 Å². The van der Waals surface area contributed by atoms with E-state index in [-0.39, 0.29) is 60.9 Å². The van der Waals surface area contributed by atoms with Crippen LogP contribution in [0.3, 0.4) is 0 Å². The average Bonchev–Trinajstić information content (AvgIpc) is 3.90. The molecule has 0 bridgehead atoms. The first kappa shape index (κ1) is 43.3. The maximum atomic E-state index is 12.9. The van der Waals surface area contributed by atoms with E-state index in [0.29, 0.717) is 10.6 Å². The zero-order valence-electron chi connectivity index (χ0n) is 29.7. The van der Waals surface area contributed by atoms with Crippen molar-refractivity contribution in [3.05, 3.63) is 114 Å². The molecule has 1 fully saturated rings. The largest absolute Gasteiger partial charge is 0.505 e. The highest BCUT2D eigenvalue weighted by Gasteiger charge is 2.52. The molecule has 8 N–H and O–H groups in total. The van der Waals surface area contributed by atoms with Crippen LogP contribution in [0.4, 0.5) is 47.7 Å². The molecule has 0 unspecified atom stereocenters. The van der Waals surface area contributed by atoms with Gasteiger partial charge in [-0.3, -0.25) is 20.2 Å². The summed E-state index contributed by atoms with van der Waals surface area (Å²) < 4.78 is 50.9. The molecule has 0 radical (unpaired) electrons. The molecule has 1 aliphatic rings. The number of nitrogen functional groups attached to an aromatic ring is 4. The van der Waals surface area contributed by atoms with E-state index in [1.807, 2.05) is 27.7 Å². The molecule has 56 heavy (non-hydrogen) atoms. The SMILES string of the molecule is CC1(C)OB(c2ccc(F)s2)OC1(C)C.Nc1nccc(-c2ccc(F)s2)c1N.Nc1nccc(-c2ccc(F)s2)c1[N+](=O)[O-].Nc1nccc(Cl)c1[N+](=O)[O-]. The van der Waals surface area contributed by atoms with Gasteiger partial charge in [-0.05, 0) is 82.3 Å². The van der Waals surface area contributed by atoms with Gasteiger partial charge in [-0.25, -0.2) is 15.0 Å². The van der Waals surface area contributed by atoms with Gasteiger partial charge < -0.3 is 32.2 Å². The summed E-state index contributed by atoms with van der Waals surface area (Å²) in [4.78, 5) is 32.0. The third-order valence-corrected chi connectivity index (χ3v) is 11.0. The Morgan fingerprint density at radius 1 is 0.643 bits per heavy atom. The average molecular weight is 850 g/mol. The zero-order chi connectivity index (χ0) is 41.5. The van der Waals surface area contributed by atoms with Crippen LogP contribution in [-0.4, -0.2) is 43.1 Å². The molecule has 1 saturated heterocycles. The predicted molar refractivity (Wildman–Crippen MR) is 215 cm³/mol. The number of nitrogens with two attached hydrogens (primary N) is 4. The van der Waals surface area contributed by atoms with Gasteiger partial charge in [0.1, 0.15) is 10.8 Å². The summed E-state index contributed by atoms with van der Waals surface area (Å²) in [6, 6.07) is 13.4. The van der Waals surface area contributed by atoms with Gasteiger partial charge in [-0.15, -0.1) is 34.0 Å². The Bertz CT molecular complexity index is 2310. The Balaban J connectivity index is 0.000000167. The number of nitrogens with zero attached hydrogens (tertiary/aromatic N) is 5. The smallest absolute Gasteiger partial charge is 0.399 e. The number of anilines is 4. The van der Waals surface area contributed by atoms with Crippen molar-refractivity contribution in [2.45, 2.75) is 38.9 Å². The third kappa shape index (κ3) is 10.5. The Morgan fingerprint density at radius 2 is 1.07 bits per heavy atom. The summed E-state index contributed by atoms with van der Waals surface area (Å²) in [6.07, 6.45) is 4.22. The molecule has 23 heteroatoms. The number of hydrogen-bond donors (Lipinski definition) is 4. The summed E-state index contributed by atoms with van der Waals surface area (Å²) in [5, 5.41) is 20.2. The first-order valence-corrected chi connectivity index (χ1v) is 18.6. The van der Waals surface area contributed by atoms with Crippen LogP contribution in [0.1, 0.15) is 27.7 Å². The van der Waals surface area contributed by atoms with Gasteiger partial charge in [0.25, 0.3) is 0 Å². The van der Waals surface area contributed by atoms with E-state index in [1.165, 1.54) is 48.8 Å². The number of thiophene rings is 3. The number of nitro groups is 2. The van der Waals surface area contributed by atoms with E-state index in [4.69, 9.17) is 43.8 Å². The van der Waals surface area contributed by atoms with Gasteiger partial charge in [0.05, 0.1) is 32.3 Å². The molecule has 7 rings (SSSR count). The minimum atomic E-state index is -0.662.